The topological polar surface area (TPSA) is 58.2 Å². The van der Waals surface area contributed by atoms with Crippen LogP contribution in [0.2, 0.25) is 5.02 Å². The Morgan fingerprint density at radius 1 is 0.955 bits per heavy atom. The number of hydrogen-bond acceptors (Lipinski definition) is 2. The maximum atomic E-state index is 11.8. The molecule has 2 rings (SSSR count). The van der Waals surface area contributed by atoms with Crippen LogP contribution < -0.4 is 10.6 Å². The lowest BCUT2D eigenvalue weighted by atomic mass is 10.2. The fourth-order valence-electron chi connectivity index (χ4n) is 1.90. The number of carbonyl (C=O) groups excluding carboxylic acids is 2. The third-order valence-corrected chi connectivity index (χ3v) is 3.28. The van der Waals surface area contributed by atoms with Gasteiger partial charge in [0.25, 0.3) is 5.91 Å². The van der Waals surface area contributed by atoms with Crippen molar-refractivity contribution in [2.24, 2.45) is 0 Å². The van der Waals surface area contributed by atoms with Gasteiger partial charge in [0.05, 0.1) is 0 Å². The van der Waals surface area contributed by atoms with E-state index in [1.807, 2.05) is 30.3 Å². The molecule has 0 aliphatic rings. The number of anilines is 1. The number of para-hydroxylation sites is 1. The maximum absolute atomic E-state index is 11.8. The van der Waals surface area contributed by atoms with E-state index < -0.39 is 0 Å². The monoisotopic (exact) mass is 316 g/mol. The van der Waals surface area contributed by atoms with Crippen molar-refractivity contribution in [3.05, 3.63) is 65.2 Å². The minimum absolute atomic E-state index is 0.0630. The van der Waals surface area contributed by atoms with E-state index >= 15 is 0 Å². The summed E-state index contributed by atoms with van der Waals surface area (Å²) >= 11 is 5.77. The molecule has 22 heavy (non-hydrogen) atoms. The molecule has 0 saturated heterocycles. The van der Waals surface area contributed by atoms with Crippen molar-refractivity contribution in [3.63, 3.8) is 0 Å². The molecule has 2 aromatic carbocycles. The molecule has 2 amide bonds. The van der Waals surface area contributed by atoms with Crippen LogP contribution in [0, 0.1) is 0 Å². The van der Waals surface area contributed by atoms with Crippen LogP contribution in [0.25, 0.3) is 0 Å². The molecule has 2 N–H and O–H groups in total. The van der Waals surface area contributed by atoms with Crippen LogP contribution in [0.4, 0.5) is 5.69 Å². The number of rotatable bonds is 6. The van der Waals surface area contributed by atoms with E-state index in [2.05, 4.69) is 10.6 Å². The zero-order valence-corrected chi connectivity index (χ0v) is 12.8. The van der Waals surface area contributed by atoms with Gasteiger partial charge in [-0.1, -0.05) is 29.8 Å². The van der Waals surface area contributed by atoms with Gasteiger partial charge in [-0.2, -0.15) is 0 Å². The highest BCUT2D eigenvalue weighted by Gasteiger charge is 2.06. The molecule has 0 atom stereocenters. The molecular formula is C17H17ClN2O2. The highest BCUT2D eigenvalue weighted by atomic mass is 35.5. The molecule has 0 bridgehead atoms. The lowest BCUT2D eigenvalue weighted by molar-refractivity contribution is -0.116. The van der Waals surface area contributed by atoms with Gasteiger partial charge in [0.1, 0.15) is 0 Å². The number of halogens is 1. The first kappa shape index (κ1) is 16.0. The molecule has 4 nitrogen and oxygen atoms in total. The predicted molar refractivity (Wildman–Crippen MR) is 88.1 cm³/mol. The number of hydrogen-bond donors (Lipinski definition) is 2. The van der Waals surface area contributed by atoms with Gasteiger partial charge in [-0.05, 0) is 42.8 Å². The zero-order valence-electron chi connectivity index (χ0n) is 12.0. The molecule has 0 spiro atoms. The zero-order chi connectivity index (χ0) is 15.8. The first-order chi connectivity index (χ1) is 10.6. The highest BCUT2D eigenvalue weighted by molar-refractivity contribution is 6.30. The third-order valence-electron chi connectivity index (χ3n) is 3.03. The molecule has 114 valence electrons. The van der Waals surface area contributed by atoms with Gasteiger partial charge in [0.15, 0.2) is 0 Å². The van der Waals surface area contributed by atoms with Crippen molar-refractivity contribution in [1.82, 2.24) is 5.32 Å². The molecule has 0 aliphatic carbocycles. The average Bonchev–Trinajstić information content (AvgIpc) is 2.53. The lowest BCUT2D eigenvalue weighted by Crippen LogP contribution is -2.25. The van der Waals surface area contributed by atoms with Gasteiger partial charge in [-0.15, -0.1) is 0 Å². The molecule has 0 radical (unpaired) electrons. The van der Waals surface area contributed by atoms with Crippen molar-refractivity contribution >= 4 is 29.1 Å². The van der Waals surface area contributed by atoms with E-state index in [1.54, 1.807) is 24.3 Å². The predicted octanol–water partition coefficient (Wildman–Crippen LogP) is 3.49. The summed E-state index contributed by atoms with van der Waals surface area (Å²) in [6, 6.07) is 16.0. The third kappa shape index (κ3) is 5.22. The highest BCUT2D eigenvalue weighted by Crippen LogP contribution is 2.09. The van der Waals surface area contributed by atoms with E-state index in [1.165, 1.54) is 0 Å². The maximum Gasteiger partial charge on any atom is 0.251 e. The summed E-state index contributed by atoms with van der Waals surface area (Å²) in [5.74, 6) is -0.230. The molecule has 5 heteroatoms. The van der Waals surface area contributed by atoms with Crippen molar-refractivity contribution in [3.8, 4) is 0 Å². The Balaban J connectivity index is 1.67. The average molecular weight is 317 g/mol. The summed E-state index contributed by atoms with van der Waals surface area (Å²) in [5.41, 5.74) is 1.33. The molecule has 0 fully saturated rings. The first-order valence-corrected chi connectivity index (χ1v) is 7.41. The van der Waals surface area contributed by atoms with E-state index in [0.29, 0.717) is 30.0 Å². The summed E-state index contributed by atoms with van der Waals surface area (Å²) in [7, 11) is 0. The lowest BCUT2D eigenvalue weighted by Gasteiger charge is -2.06. The quantitative estimate of drug-likeness (QED) is 0.801. The van der Waals surface area contributed by atoms with Gasteiger partial charge < -0.3 is 10.6 Å². The van der Waals surface area contributed by atoms with Crippen molar-refractivity contribution < 1.29 is 9.59 Å². The minimum Gasteiger partial charge on any atom is -0.352 e. The van der Waals surface area contributed by atoms with Crippen LogP contribution in [-0.4, -0.2) is 18.4 Å². The second-order valence-corrected chi connectivity index (χ2v) is 5.22. The Morgan fingerprint density at radius 2 is 1.64 bits per heavy atom. The summed E-state index contributed by atoms with van der Waals surface area (Å²) in [5, 5.41) is 6.17. The van der Waals surface area contributed by atoms with Gasteiger partial charge in [0, 0.05) is 29.2 Å². The fraction of sp³-hybridized carbons (Fsp3) is 0.176. The number of benzene rings is 2. The molecule has 0 saturated carbocycles. The molecule has 0 unspecified atom stereocenters. The Labute approximate surface area is 134 Å². The second-order valence-electron chi connectivity index (χ2n) is 4.78. The van der Waals surface area contributed by atoms with Gasteiger partial charge in [0.2, 0.25) is 5.91 Å². The van der Waals surface area contributed by atoms with E-state index in [0.717, 1.165) is 5.69 Å². The van der Waals surface area contributed by atoms with Crippen LogP contribution in [0.15, 0.2) is 54.6 Å². The smallest absolute Gasteiger partial charge is 0.251 e. The fourth-order valence-corrected chi connectivity index (χ4v) is 2.03. The van der Waals surface area contributed by atoms with Gasteiger partial charge >= 0.3 is 0 Å². The second kappa shape index (κ2) is 8.20. The number of carbonyl (C=O) groups is 2. The number of nitrogens with one attached hydrogen (secondary N) is 2. The summed E-state index contributed by atoms with van der Waals surface area (Å²) < 4.78 is 0. The Bertz CT molecular complexity index is 627. The molecule has 0 aliphatic heterocycles. The Morgan fingerprint density at radius 3 is 2.32 bits per heavy atom. The standard InChI is InChI=1S/C17H17ClN2O2/c18-14-10-8-13(9-11-14)17(22)19-12-4-7-16(21)20-15-5-2-1-3-6-15/h1-3,5-6,8-11H,4,7,12H2,(H,19,22)(H,20,21). The molecule has 2 aromatic rings. The number of amides is 2. The summed E-state index contributed by atoms with van der Waals surface area (Å²) in [4.78, 5) is 23.6. The normalized spacial score (nSPS) is 10.0. The Kier molecular flexibility index (Phi) is 5.98. The summed E-state index contributed by atoms with van der Waals surface area (Å²) in [6.07, 6.45) is 0.938. The van der Waals surface area contributed by atoms with E-state index in [9.17, 15) is 9.59 Å². The van der Waals surface area contributed by atoms with Crippen LogP contribution in [0.1, 0.15) is 23.2 Å². The van der Waals surface area contributed by atoms with Crippen LogP contribution in [0.3, 0.4) is 0 Å². The van der Waals surface area contributed by atoms with E-state index in [-0.39, 0.29) is 11.8 Å². The minimum atomic E-state index is -0.167. The van der Waals surface area contributed by atoms with Gasteiger partial charge in [-0.25, -0.2) is 0 Å². The first-order valence-electron chi connectivity index (χ1n) is 7.04. The Hall–Kier alpha value is -2.33. The van der Waals surface area contributed by atoms with Gasteiger partial charge in [-0.3, -0.25) is 9.59 Å². The van der Waals surface area contributed by atoms with E-state index in [4.69, 9.17) is 11.6 Å². The van der Waals surface area contributed by atoms with Crippen LogP contribution >= 0.6 is 11.6 Å². The molecule has 0 aromatic heterocycles. The van der Waals surface area contributed by atoms with Crippen molar-refractivity contribution in [1.29, 1.82) is 0 Å². The molecular weight excluding hydrogens is 300 g/mol. The van der Waals surface area contributed by atoms with Crippen molar-refractivity contribution in [2.75, 3.05) is 11.9 Å². The summed E-state index contributed by atoms with van der Waals surface area (Å²) in [6.45, 7) is 0.448. The van der Waals surface area contributed by atoms with Crippen LogP contribution in [-0.2, 0) is 4.79 Å². The van der Waals surface area contributed by atoms with Crippen molar-refractivity contribution in [2.45, 2.75) is 12.8 Å². The SMILES string of the molecule is O=C(CCCNC(=O)c1ccc(Cl)cc1)Nc1ccccc1. The molecule has 0 heterocycles. The largest absolute Gasteiger partial charge is 0.352 e. The van der Waals surface area contributed by atoms with Crippen LogP contribution in [0.5, 0.6) is 0 Å².